The van der Waals surface area contributed by atoms with Crippen LogP contribution < -0.4 is 0 Å². The lowest BCUT2D eigenvalue weighted by Crippen LogP contribution is -2.47. The number of nitrogens with zero attached hydrogens (tertiary/aromatic N) is 1. The monoisotopic (exact) mass is 405 g/mol. The molecule has 1 aliphatic carbocycles. The Balaban J connectivity index is 0.000000329. The van der Waals surface area contributed by atoms with Gasteiger partial charge in [-0.1, -0.05) is 51.6 Å². The molecule has 0 bridgehead atoms. The zero-order valence-corrected chi connectivity index (χ0v) is 18.9. The van der Waals surface area contributed by atoms with Gasteiger partial charge >= 0.3 is 0 Å². The Labute approximate surface area is 175 Å². The molecule has 1 saturated heterocycles. The van der Waals surface area contributed by atoms with Gasteiger partial charge in [0.2, 0.25) is 0 Å². The summed E-state index contributed by atoms with van der Waals surface area (Å²) in [6.45, 7) is 9.72. The van der Waals surface area contributed by atoms with E-state index in [0.29, 0.717) is 0 Å². The van der Waals surface area contributed by atoms with Gasteiger partial charge in [-0.2, -0.15) is 0 Å². The van der Waals surface area contributed by atoms with Gasteiger partial charge in [0.1, 0.15) is 5.82 Å². The third-order valence-electron chi connectivity index (χ3n) is 4.40. The number of hydrogen-bond donors (Lipinski definition) is 1. The molecule has 2 nitrogen and oxygen atoms in total. The maximum atomic E-state index is 13.1. The van der Waals surface area contributed by atoms with Crippen LogP contribution in [0.25, 0.3) is 0 Å². The predicted molar refractivity (Wildman–Crippen MR) is 120 cm³/mol. The van der Waals surface area contributed by atoms with Crippen molar-refractivity contribution in [1.82, 2.24) is 4.90 Å². The van der Waals surface area contributed by atoms with E-state index in [4.69, 9.17) is 5.11 Å². The lowest BCUT2D eigenvalue weighted by molar-refractivity contribution is 0.0196. The molecule has 1 heterocycles. The van der Waals surface area contributed by atoms with Crippen molar-refractivity contribution >= 4 is 11.8 Å². The summed E-state index contributed by atoms with van der Waals surface area (Å²) in [6.07, 6.45) is 4.97. The lowest BCUT2D eigenvalue weighted by atomic mass is 9.92. The zero-order chi connectivity index (χ0) is 20.9. The number of aliphatic hydroxyl groups excluding tert-OH is 1. The molecule has 1 aliphatic heterocycles. The second-order valence-corrected chi connectivity index (χ2v) is 7.72. The van der Waals surface area contributed by atoms with E-state index in [0.717, 1.165) is 18.0 Å². The molecule has 2 aliphatic rings. The highest BCUT2D eigenvalue weighted by Gasteiger charge is 2.18. The normalized spacial score (nSPS) is 15.4. The number of β-amino-alcohol motifs (C(OH)–C–C–N with tert-alkyl or cyclic N) is 1. The minimum absolute atomic E-state index is 0.0324. The van der Waals surface area contributed by atoms with Gasteiger partial charge in [0, 0.05) is 22.9 Å². The van der Waals surface area contributed by atoms with Crippen LogP contribution in [0.5, 0.6) is 0 Å². The van der Waals surface area contributed by atoms with Crippen molar-refractivity contribution in [3.05, 3.63) is 59.4 Å². The third kappa shape index (κ3) is 8.34. The van der Waals surface area contributed by atoms with Crippen molar-refractivity contribution in [3.8, 4) is 0 Å². The summed E-state index contributed by atoms with van der Waals surface area (Å²) in [6, 6.07) is 13.4. The van der Waals surface area contributed by atoms with E-state index in [1.165, 1.54) is 47.8 Å². The largest absolute Gasteiger partial charge is 0.390 e. The molecule has 1 fully saturated rings. The average Bonchev–Trinajstić information content (AvgIpc) is 2.71. The SMILES string of the molecule is CC.CC.CN1CC(O)C1.Fc1cccc(Sc2ccc3c(c2)CCCC3)c1. The van der Waals surface area contributed by atoms with E-state index in [1.807, 2.05) is 40.8 Å². The summed E-state index contributed by atoms with van der Waals surface area (Å²) in [7, 11) is 1.99. The third-order valence-corrected chi connectivity index (χ3v) is 5.38. The topological polar surface area (TPSA) is 23.5 Å². The van der Waals surface area contributed by atoms with Crippen LogP contribution >= 0.6 is 11.8 Å². The molecule has 0 saturated carbocycles. The van der Waals surface area contributed by atoms with Crippen molar-refractivity contribution in [2.75, 3.05) is 20.1 Å². The molecule has 4 heteroatoms. The van der Waals surface area contributed by atoms with E-state index < -0.39 is 0 Å². The summed E-state index contributed by atoms with van der Waals surface area (Å²) in [4.78, 5) is 4.25. The number of hydrogen-bond acceptors (Lipinski definition) is 3. The number of aliphatic hydroxyl groups is 1. The smallest absolute Gasteiger partial charge is 0.124 e. The maximum absolute atomic E-state index is 13.1. The van der Waals surface area contributed by atoms with Gasteiger partial charge in [-0.05, 0) is 74.2 Å². The van der Waals surface area contributed by atoms with E-state index in [9.17, 15) is 4.39 Å². The van der Waals surface area contributed by atoms with Gasteiger partial charge in [0.15, 0.2) is 0 Å². The molecule has 2 aromatic carbocycles. The van der Waals surface area contributed by atoms with Crippen molar-refractivity contribution in [1.29, 1.82) is 0 Å². The van der Waals surface area contributed by atoms with Gasteiger partial charge in [-0.15, -0.1) is 0 Å². The summed E-state index contributed by atoms with van der Waals surface area (Å²) in [5, 5.41) is 8.58. The first-order valence-corrected chi connectivity index (χ1v) is 11.3. The van der Waals surface area contributed by atoms with Crippen LogP contribution in [0.3, 0.4) is 0 Å². The summed E-state index contributed by atoms with van der Waals surface area (Å²) < 4.78 is 13.1. The van der Waals surface area contributed by atoms with Gasteiger partial charge in [-0.3, -0.25) is 0 Å². The molecule has 2 aromatic rings. The Morgan fingerprint density at radius 2 is 1.50 bits per heavy atom. The number of halogens is 1. The molecule has 28 heavy (non-hydrogen) atoms. The number of rotatable bonds is 2. The van der Waals surface area contributed by atoms with Crippen LogP contribution in [0.4, 0.5) is 4.39 Å². The minimum Gasteiger partial charge on any atom is -0.390 e. The van der Waals surface area contributed by atoms with Crippen LogP contribution in [0.2, 0.25) is 0 Å². The molecule has 0 amide bonds. The number of aryl methyl sites for hydroxylation is 2. The van der Waals surface area contributed by atoms with E-state index >= 15 is 0 Å². The number of fused-ring (bicyclic) bond motifs is 1. The van der Waals surface area contributed by atoms with Crippen molar-refractivity contribution in [2.24, 2.45) is 0 Å². The average molecular weight is 406 g/mol. The molecule has 156 valence electrons. The van der Waals surface area contributed by atoms with Crippen LogP contribution in [0, 0.1) is 5.82 Å². The molecule has 0 radical (unpaired) electrons. The van der Waals surface area contributed by atoms with Gasteiger partial charge in [0.25, 0.3) is 0 Å². The van der Waals surface area contributed by atoms with E-state index in [2.05, 4.69) is 23.1 Å². The lowest BCUT2D eigenvalue weighted by Gasteiger charge is -2.31. The Morgan fingerprint density at radius 1 is 0.893 bits per heavy atom. The standard InChI is InChI=1S/C16H15FS.C4H9NO.2C2H6/c17-14-6-3-7-15(11-14)18-16-9-8-12-4-1-2-5-13(12)10-16;1-5-2-4(6)3-5;2*1-2/h3,6-11H,1-2,4-5H2;4,6H,2-3H2,1H3;2*1-2H3. The summed E-state index contributed by atoms with van der Waals surface area (Å²) in [5.41, 5.74) is 2.97. The molecular formula is C24H36FNOS. The van der Waals surface area contributed by atoms with Crippen LogP contribution in [0.15, 0.2) is 52.3 Å². The second kappa shape index (κ2) is 13.8. The maximum Gasteiger partial charge on any atom is 0.124 e. The van der Waals surface area contributed by atoms with Crippen LogP contribution in [0.1, 0.15) is 51.7 Å². The molecular weight excluding hydrogens is 369 g/mol. The molecule has 0 atom stereocenters. The molecule has 0 aromatic heterocycles. The first-order chi connectivity index (χ1) is 13.6. The number of likely N-dealkylation sites (tertiary alicyclic amines) is 1. The number of likely N-dealkylation sites (N-methyl/N-ethyl adjacent to an activating group) is 1. The van der Waals surface area contributed by atoms with Gasteiger partial charge in [0.05, 0.1) is 6.10 Å². The predicted octanol–water partition coefficient (Wildman–Crippen LogP) is 6.20. The zero-order valence-electron chi connectivity index (χ0n) is 18.0. The highest BCUT2D eigenvalue weighted by atomic mass is 32.2. The molecule has 1 N–H and O–H groups in total. The van der Waals surface area contributed by atoms with Crippen LogP contribution in [-0.4, -0.2) is 36.2 Å². The highest BCUT2D eigenvalue weighted by molar-refractivity contribution is 7.99. The van der Waals surface area contributed by atoms with Crippen LogP contribution in [-0.2, 0) is 12.8 Å². The second-order valence-electron chi connectivity index (χ2n) is 6.57. The Kier molecular flexibility index (Phi) is 12.1. The Hall–Kier alpha value is -1.36. The fraction of sp³-hybridized carbons (Fsp3) is 0.500. The number of benzene rings is 2. The molecule has 4 rings (SSSR count). The fourth-order valence-electron chi connectivity index (χ4n) is 3.11. The van der Waals surface area contributed by atoms with Crippen molar-refractivity contribution in [2.45, 2.75) is 69.3 Å². The van der Waals surface area contributed by atoms with Gasteiger partial charge in [-0.25, -0.2) is 4.39 Å². The molecule has 0 unspecified atom stereocenters. The highest BCUT2D eigenvalue weighted by Crippen LogP contribution is 2.31. The van der Waals surface area contributed by atoms with E-state index in [1.54, 1.807) is 23.9 Å². The summed E-state index contributed by atoms with van der Waals surface area (Å²) >= 11 is 1.63. The van der Waals surface area contributed by atoms with Crippen molar-refractivity contribution in [3.63, 3.8) is 0 Å². The quantitative estimate of drug-likeness (QED) is 0.643. The fourth-order valence-corrected chi connectivity index (χ4v) is 4.03. The Bertz CT molecular complexity index is 680. The summed E-state index contributed by atoms with van der Waals surface area (Å²) in [5.74, 6) is -0.169. The Morgan fingerprint density at radius 3 is 2.04 bits per heavy atom. The first-order valence-electron chi connectivity index (χ1n) is 10.5. The minimum atomic E-state index is -0.169. The van der Waals surface area contributed by atoms with E-state index in [-0.39, 0.29) is 11.9 Å². The first kappa shape index (κ1) is 24.7. The van der Waals surface area contributed by atoms with Gasteiger partial charge < -0.3 is 10.0 Å². The molecule has 0 spiro atoms. The van der Waals surface area contributed by atoms with Crippen molar-refractivity contribution < 1.29 is 9.50 Å².